The van der Waals surface area contributed by atoms with Crippen LogP contribution in [-0.2, 0) is 9.53 Å². The van der Waals surface area contributed by atoms with Gasteiger partial charge in [0.1, 0.15) is 0 Å². The molecule has 116 valence electrons. The van der Waals surface area contributed by atoms with Gasteiger partial charge in [0.15, 0.2) is 0 Å². The molecule has 0 spiro atoms. The quantitative estimate of drug-likeness (QED) is 0.775. The van der Waals surface area contributed by atoms with Crippen molar-refractivity contribution in [1.29, 1.82) is 0 Å². The number of carbonyl (C=O) groups excluding carboxylic acids is 1. The normalized spacial score (nSPS) is 27.9. The molecule has 4 heteroatoms. The summed E-state index contributed by atoms with van der Waals surface area (Å²) in [7, 11) is 1.71. The van der Waals surface area contributed by atoms with E-state index in [1.54, 1.807) is 7.11 Å². The van der Waals surface area contributed by atoms with E-state index in [-0.39, 0.29) is 5.41 Å². The van der Waals surface area contributed by atoms with Crippen molar-refractivity contribution < 1.29 is 9.53 Å². The Morgan fingerprint density at radius 1 is 1.40 bits per heavy atom. The van der Waals surface area contributed by atoms with E-state index in [0.717, 1.165) is 26.1 Å². The highest BCUT2D eigenvalue weighted by Gasteiger charge is 2.48. The Morgan fingerprint density at radius 3 is 2.55 bits per heavy atom. The first-order valence-corrected chi connectivity index (χ1v) is 8.03. The van der Waals surface area contributed by atoms with E-state index in [4.69, 9.17) is 4.74 Å². The SMILES string of the molecule is COCCN(C(=O)C1(C(C)C)CCNC1)C(C)C1CC1. The zero-order valence-electron chi connectivity index (χ0n) is 13.4. The standard InChI is InChI=1S/C16H30N2O2/c1-12(2)16(7-8-17-11-16)15(19)18(9-10-20-4)13(3)14-5-6-14/h12-14,17H,5-11H2,1-4H3. The molecular formula is C16H30N2O2. The van der Waals surface area contributed by atoms with Crippen molar-refractivity contribution >= 4 is 5.91 Å². The summed E-state index contributed by atoms with van der Waals surface area (Å²) < 4.78 is 5.22. The number of nitrogens with one attached hydrogen (secondary N) is 1. The first-order valence-electron chi connectivity index (χ1n) is 8.03. The van der Waals surface area contributed by atoms with Crippen LogP contribution in [0.15, 0.2) is 0 Å². The average molecular weight is 282 g/mol. The van der Waals surface area contributed by atoms with Gasteiger partial charge in [0.05, 0.1) is 12.0 Å². The van der Waals surface area contributed by atoms with Gasteiger partial charge < -0.3 is 15.0 Å². The molecule has 1 saturated heterocycles. The summed E-state index contributed by atoms with van der Waals surface area (Å²) in [6, 6.07) is 0.355. The lowest BCUT2D eigenvalue weighted by molar-refractivity contribution is -0.147. The number of ether oxygens (including phenoxy) is 1. The highest BCUT2D eigenvalue weighted by molar-refractivity contribution is 5.84. The highest BCUT2D eigenvalue weighted by atomic mass is 16.5. The van der Waals surface area contributed by atoms with Gasteiger partial charge in [0.25, 0.3) is 0 Å². The zero-order valence-corrected chi connectivity index (χ0v) is 13.4. The lowest BCUT2D eigenvalue weighted by Crippen LogP contribution is -2.52. The molecule has 0 radical (unpaired) electrons. The molecule has 1 heterocycles. The predicted molar refractivity (Wildman–Crippen MR) is 80.5 cm³/mol. The molecule has 0 aromatic heterocycles. The van der Waals surface area contributed by atoms with Crippen molar-refractivity contribution in [2.45, 2.75) is 46.1 Å². The van der Waals surface area contributed by atoms with E-state index in [9.17, 15) is 4.79 Å². The van der Waals surface area contributed by atoms with Crippen LogP contribution in [0.5, 0.6) is 0 Å². The Bertz CT molecular complexity index is 333. The second-order valence-electron chi connectivity index (χ2n) is 6.81. The topological polar surface area (TPSA) is 41.6 Å². The van der Waals surface area contributed by atoms with Gasteiger partial charge in [-0.3, -0.25) is 4.79 Å². The molecule has 1 N–H and O–H groups in total. The maximum Gasteiger partial charge on any atom is 0.230 e. The fraction of sp³-hybridized carbons (Fsp3) is 0.938. The zero-order chi connectivity index (χ0) is 14.8. The van der Waals surface area contributed by atoms with Gasteiger partial charge in [0, 0.05) is 26.2 Å². The Labute approximate surface area is 123 Å². The van der Waals surface area contributed by atoms with Crippen molar-refractivity contribution in [2.24, 2.45) is 17.3 Å². The number of nitrogens with zero attached hydrogens (tertiary/aromatic N) is 1. The van der Waals surface area contributed by atoms with Gasteiger partial charge >= 0.3 is 0 Å². The molecule has 0 bridgehead atoms. The average Bonchev–Trinajstić information content (AvgIpc) is 3.15. The Morgan fingerprint density at radius 2 is 2.10 bits per heavy atom. The van der Waals surface area contributed by atoms with Crippen LogP contribution in [0.2, 0.25) is 0 Å². The maximum atomic E-state index is 13.2. The predicted octanol–water partition coefficient (Wildman–Crippen LogP) is 1.90. The van der Waals surface area contributed by atoms with Crippen LogP contribution < -0.4 is 5.32 Å². The van der Waals surface area contributed by atoms with E-state index >= 15 is 0 Å². The second-order valence-corrected chi connectivity index (χ2v) is 6.81. The molecule has 2 fully saturated rings. The molecule has 1 aliphatic heterocycles. The number of amides is 1. The number of hydrogen-bond acceptors (Lipinski definition) is 3. The maximum absolute atomic E-state index is 13.2. The van der Waals surface area contributed by atoms with Crippen LogP contribution >= 0.6 is 0 Å². The van der Waals surface area contributed by atoms with Gasteiger partial charge in [-0.15, -0.1) is 0 Å². The fourth-order valence-electron chi connectivity index (χ4n) is 3.43. The number of methoxy groups -OCH3 is 1. The van der Waals surface area contributed by atoms with Crippen LogP contribution in [0.3, 0.4) is 0 Å². The molecule has 2 aliphatic rings. The van der Waals surface area contributed by atoms with E-state index in [2.05, 4.69) is 31.0 Å². The van der Waals surface area contributed by atoms with Gasteiger partial charge in [0.2, 0.25) is 5.91 Å². The molecule has 2 unspecified atom stereocenters. The molecular weight excluding hydrogens is 252 g/mol. The van der Waals surface area contributed by atoms with E-state index in [1.807, 2.05) is 0 Å². The number of carbonyl (C=O) groups is 1. The van der Waals surface area contributed by atoms with Crippen LogP contribution in [-0.4, -0.2) is 50.2 Å². The summed E-state index contributed by atoms with van der Waals surface area (Å²) in [5.41, 5.74) is -0.211. The minimum atomic E-state index is -0.211. The Hall–Kier alpha value is -0.610. The van der Waals surface area contributed by atoms with Gasteiger partial charge in [-0.05, 0) is 44.6 Å². The Kier molecular flexibility index (Phi) is 5.08. The third kappa shape index (κ3) is 3.01. The van der Waals surface area contributed by atoms with E-state index < -0.39 is 0 Å². The molecule has 0 aromatic carbocycles. The highest BCUT2D eigenvalue weighted by Crippen LogP contribution is 2.40. The van der Waals surface area contributed by atoms with Gasteiger partial charge in [-0.25, -0.2) is 0 Å². The Balaban J connectivity index is 2.15. The molecule has 2 rings (SSSR count). The first kappa shape index (κ1) is 15.8. The fourth-order valence-corrected chi connectivity index (χ4v) is 3.43. The summed E-state index contributed by atoms with van der Waals surface area (Å²) >= 11 is 0. The van der Waals surface area contributed by atoms with Gasteiger partial charge in [-0.2, -0.15) is 0 Å². The summed E-state index contributed by atoms with van der Waals surface area (Å²) in [6.45, 7) is 9.71. The molecule has 4 nitrogen and oxygen atoms in total. The van der Waals surface area contributed by atoms with Crippen LogP contribution in [0.4, 0.5) is 0 Å². The lowest BCUT2D eigenvalue weighted by Gasteiger charge is -2.39. The molecule has 20 heavy (non-hydrogen) atoms. The largest absolute Gasteiger partial charge is 0.383 e. The smallest absolute Gasteiger partial charge is 0.230 e. The molecule has 2 atom stereocenters. The minimum absolute atomic E-state index is 0.211. The molecule has 1 aliphatic carbocycles. The van der Waals surface area contributed by atoms with Crippen molar-refractivity contribution in [3.05, 3.63) is 0 Å². The monoisotopic (exact) mass is 282 g/mol. The summed E-state index contributed by atoms with van der Waals surface area (Å²) in [5, 5.41) is 3.39. The number of hydrogen-bond donors (Lipinski definition) is 1. The first-order chi connectivity index (χ1) is 9.53. The van der Waals surface area contributed by atoms with Crippen molar-refractivity contribution in [1.82, 2.24) is 10.2 Å². The van der Waals surface area contributed by atoms with E-state index in [0.29, 0.717) is 30.4 Å². The van der Waals surface area contributed by atoms with Crippen molar-refractivity contribution in [2.75, 3.05) is 33.4 Å². The molecule has 1 saturated carbocycles. The summed E-state index contributed by atoms with van der Waals surface area (Å²) in [6.07, 6.45) is 3.50. The van der Waals surface area contributed by atoms with Crippen LogP contribution in [0, 0.1) is 17.3 Å². The molecule has 0 aromatic rings. The van der Waals surface area contributed by atoms with Crippen LogP contribution in [0.1, 0.15) is 40.0 Å². The lowest BCUT2D eigenvalue weighted by atomic mass is 9.75. The second kappa shape index (κ2) is 6.44. The third-order valence-corrected chi connectivity index (χ3v) is 5.31. The number of rotatable bonds is 7. The summed E-state index contributed by atoms with van der Waals surface area (Å²) in [4.78, 5) is 15.3. The summed E-state index contributed by atoms with van der Waals surface area (Å²) in [5.74, 6) is 1.42. The van der Waals surface area contributed by atoms with Gasteiger partial charge in [-0.1, -0.05) is 13.8 Å². The minimum Gasteiger partial charge on any atom is -0.383 e. The van der Waals surface area contributed by atoms with Crippen LogP contribution in [0.25, 0.3) is 0 Å². The molecule has 1 amide bonds. The van der Waals surface area contributed by atoms with Crippen molar-refractivity contribution in [3.63, 3.8) is 0 Å². The van der Waals surface area contributed by atoms with Crippen molar-refractivity contribution in [3.8, 4) is 0 Å². The third-order valence-electron chi connectivity index (χ3n) is 5.31. The van der Waals surface area contributed by atoms with E-state index in [1.165, 1.54) is 12.8 Å².